The lowest BCUT2D eigenvalue weighted by Crippen LogP contribution is -2.35. The molecule has 116 valence electrons. The molecule has 1 aromatic rings. The van der Waals surface area contributed by atoms with Gasteiger partial charge in [-0.25, -0.2) is 4.39 Å². The van der Waals surface area contributed by atoms with Gasteiger partial charge in [0.15, 0.2) is 11.6 Å². The van der Waals surface area contributed by atoms with Crippen LogP contribution in [0.25, 0.3) is 0 Å². The third kappa shape index (κ3) is 3.08. The summed E-state index contributed by atoms with van der Waals surface area (Å²) in [5.74, 6) is 2.01. The molecule has 1 N–H and O–H groups in total. The third-order valence-corrected chi connectivity index (χ3v) is 5.21. The Morgan fingerprint density at radius 3 is 2.76 bits per heavy atom. The van der Waals surface area contributed by atoms with Crippen molar-refractivity contribution in [3.8, 4) is 5.75 Å². The first-order valence-corrected chi connectivity index (χ1v) is 8.19. The molecule has 2 atom stereocenters. The van der Waals surface area contributed by atoms with Crippen LogP contribution in [-0.2, 0) is 6.42 Å². The van der Waals surface area contributed by atoms with Gasteiger partial charge in [-0.2, -0.15) is 0 Å². The lowest BCUT2D eigenvalue weighted by Gasteiger charge is -2.32. The van der Waals surface area contributed by atoms with E-state index in [1.165, 1.54) is 26.4 Å². The van der Waals surface area contributed by atoms with Gasteiger partial charge >= 0.3 is 0 Å². The molecule has 0 spiro atoms. The summed E-state index contributed by atoms with van der Waals surface area (Å²) in [6.45, 7) is 4.26. The maximum Gasteiger partial charge on any atom is 0.168 e. The number of fused-ring (bicyclic) bond motifs is 1. The van der Waals surface area contributed by atoms with Gasteiger partial charge in [0.1, 0.15) is 0 Å². The highest BCUT2D eigenvalue weighted by molar-refractivity contribution is 5.32. The SMILES string of the molecule is CCCNCC1(Cc2cccc(OC)c2F)CC2CC2C1. The lowest BCUT2D eigenvalue weighted by atomic mass is 9.77. The van der Waals surface area contributed by atoms with Crippen molar-refractivity contribution in [1.29, 1.82) is 0 Å². The molecule has 3 heteroatoms. The highest BCUT2D eigenvalue weighted by Gasteiger charge is 2.53. The Hall–Kier alpha value is -1.09. The molecule has 21 heavy (non-hydrogen) atoms. The van der Waals surface area contributed by atoms with E-state index in [2.05, 4.69) is 12.2 Å². The molecular formula is C18H26FNO. The van der Waals surface area contributed by atoms with Gasteiger partial charge in [-0.3, -0.25) is 0 Å². The second kappa shape index (κ2) is 5.96. The summed E-state index contributed by atoms with van der Waals surface area (Å²) in [6.07, 6.45) is 5.89. The minimum atomic E-state index is -0.171. The smallest absolute Gasteiger partial charge is 0.168 e. The molecule has 0 radical (unpaired) electrons. The zero-order valence-electron chi connectivity index (χ0n) is 13.1. The Morgan fingerprint density at radius 2 is 2.10 bits per heavy atom. The predicted molar refractivity (Wildman–Crippen MR) is 83.1 cm³/mol. The van der Waals surface area contributed by atoms with Crippen molar-refractivity contribution in [2.24, 2.45) is 17.3 Å². The van der Waals surface area contributed by atoms with Crippen LogP contribution in [0.1, 0.15) is 38.2 Å². The van der Waals surface area contributed by atoms with Crippen molar-refractivity contribution in [3.05, 3.63) is 29.6 Å². The highest BCUT2D eigenvalue weighted by atomic mass is 19.1. The van der Waals surface area contributed by atoms with Crippen LogP contribution in [0.4, 0.5) is 4.39 Å². The molecule has 0 saturated heterocycles. The molecular weight excluding hydrogens is 265 g/mol. The number of nitrogens with one attached hydrogen (secondary N) is 1. The zero-order valence-corrected chi connectivity index (χ0v) is 13.1. The van der Waals surface area contributed by atoms with Crippen molar-refractivity contribution in [3.63, 3.8) is 0 Å². The highest BCUT2D eigenvalue weighted by Crippen LogP contribution is 2.60. The summed E-state index contributed by atoms with van der Waals surface area (Å²) in [6, 6.07) is 5.52. The van der Waals surface area contributed by atoms with Gasteiger partial charge in [0, 0.05) is 6.54 Å². The Balaban J connectivity index is 1.75. The summed E-state index contributed by atoms with van der Waals surface area (Å²) in [5.41, 5.74) is 1.06. The minimum Gasteiger partial charge on any atom is -0.494 e. The first-order chi connectivity index (χ1) is 10.2. The molecule has 3 rings (SSSR count). The number of hydrogen-bond donors (Lipinski definition) is 1. The summed E-state index contributed by atoms with van der Waals surface area (Å²) in [4.78, 5) is 0. The second-order valence-corrected chi connectivity index (χ2v) is 6.95. The van der Waals surface area contributed by atoms with Crippen molar-refractivity contribution in [2.45, 2.75) is 39.0 Å². The first kappa shape index (κ1) is 14.8. The van der Waals surface area contributed by atoms with Crippen LogP contribution in [-0.4, -0.2) is 20.2 Å². The fourth-order valence-corrected chi connectivity index (χ4v) is 4.14. The van der Waals surface area contributed by atoms with E-state index in [1.807, 2.05) is 12.1 Å². The number of halogens is 1. The van der Waals surface area contributed by atoms with Crippen LogP contribution in [0.15, 0.2) is 18.2 Å². The molecule has 2 aliphatic carbocycles. The summed E-state index contributed by atoms with van der Waals surface area (Å²) >= 11 is 0. The number of ether oxygens (including phenoxy) is 1. The molecule has 0 bridgehead atoms. The standard InChI is InChI=1S/C18H26FNO/c1-3-7-20-12-18(10-14-8-15(14)11-18)9-13-5-4-6-16(21-2)17(13)19/h4-6,14-15,20H,3,7-12H2,1-2H3. The van der Waals surface area contributed by atoms with Gasteiger partial charge in [-0.05, 0) is 67.5 Å². The molecule has 0 heterocycles. The van der Waals surface area contributed by atoms with Crippen LogP contribution in [0.2, 0.25) is 0 Å². The number of methoxy groups -OCH3 is 1. The summed E-state index contributed by atoms with van der Waals surface area (Å²) in [7, 11) is 1.53. The normalized spacial score (nSPS) is 30.2. The molecule has 2 aliphatic rings. The first-order valence-electron chi connectivity index (χ1n) is 8.19. The van der Waals surface area contributed by atoms with Crippen LogP contribution in [0.3, 0.4) is 0 Å². The average molecular weight is 291 g/mol. The molecule has 2 fully saturated rings. The quantitative estimate of drug-likeness (QED) is 0.772. The fraction of sp³-hybridized carbons (Fsp3) is 0.667. The van der Waals surface area contributed by atoms with Gasteiger partial charge in [0.05, 0.1) is 7.11 Å². The van der Waals surface area contributed by atoms with Gasteiger partial charge in [0.25, 0.3) is 0 Å². The summed E-state index contributed by atoms with van der Waals surface area (Å²) < 4.78 is 19.6. The maximum atomic E-state index is 14.4. The topological polar surface area (TPSA) is 21.3 Å². The number of rotatable bonds is 7. The van der Waals surface area contributed by atoms with Gasteiger partial charge < -0.3 is 10.1 Å². The van der Waals surface area contributed by atoms with E-state index < -0.39 is 0 Å². The monoisotopic (exact) mass is 291 g/mol. The van der Waals surface area contributed by atoms with Gasteiger partial charge in [-0.15, -0.1) is 0 Å². The van der Waals surface area contributed by atoms with Crippen molar-refractivity contribution in [1.82, 2.24) is 5.32 Å². The van der Waals surface area contributed by atoms with E-state index in [1.54, 1.807) is 6.07 Å². The number of hydrogen-bond acceptors (Lipinski definition) is 2. The Morgan fingerprint density at radius 1 is 1.33 bits per heavy atom. The lowest BCUT2D eigenvalue weighted by molar-refractivity contribution is 0.245. The average Bonchev–Trinajstić information content (AvgIpc) is 3.09. The largest absolute Gasteiger partial charge is 0.494 e. The summed E-state index contributed by atoms with van der Waals surface area (Å²) in [5, 5.41) is 3.57. The molecule has 2 saturated carbocycles. The number of benzene rings is 1. The van der Waals surface area contributed by atoms with E-state index in [0.29, 0.717) is 5.75 Å². The van der Waals surface area contributed by atoms with E-state index in [4.69, 9.17) is 4.74 Å². The van der Waals surface area contributed by atoms with Crippen LogP contribution < -0.4 is 10.1 Å². The van der Waals surface area contributed by atoms with E-state index in [9.17, 15) is 4.39 Å². The Kier molecular flexibility index (Phi) is 4.21. The Labute approximate surface area is 127 Å². The van der Waals surface area contributed by atoms with Gasteiger partial charge in [-0.1, -0.05) is 19.1 Å². The predicted octanol–water partition coefficient (Wildman–Crippen LogP) is 3.79. The van der Waals surface area contributed by atoms with E-state index >= 15 is 0 Å². The zero-order chi connectivity index (χ0) is 14.9. The van der Waals surface area contributed by atoms with Crippen LogP contribution >= 0.6 is 0 Å². The molecule has 2 nitrogen and oxygen atoms in total. The van der Waals surface area contributed by atoms with Gasteiger partial charge in [0.2, 0.25) is 0 Å². The van der Waals surface area contributed by atoms with E-state index in [-0.39, 0.29) is 11.2 Å². The molecule has 1 aromatic carbocycles. The van der Waals surface area contributed by atoms with Crippen LogP contribution in [0, 0.1) is 23.1 Å². The third-order valence-electron chi connectivity index (χ3n) is 5.21. The fourth-order valence-electron chi connectivity index (χ4n) is 4.14. The van der Waals surface area contributed by atoms with Crippen molar-refractivity contribution >= 4 is 0 Å². The molecule has 0 amide bonds. The van der Waals surface area contributed by atoms with Crippen LogP contribution in [0.5, 0.6) is 5.75 Å². The van der Waals surface area contributed by atoms with Crippen molar-refractivity contribution < 1.29 is 9.13 Å². The second-order valence-electron chi connectivity index (χ2n) is 6.95. The van der Waals surface area contributed by atoms with Crippen molar-refractivity contribution in [2.75, 3.05) is 20.2 Å². The molecule has 0 aromatic heterocycles. The minimum absolute atomic E-state index is 0.171. The maximum absolute atomic E-state index is 14.4. The molecule has 2 unspecified atom stereocenters. The Bertz CT molecular complexity index is 492. The molecule has 0 aliphatic heterocycles. The van der Waals surface area contributed by atoms with E-state index in [0.717, 1.165) is 43.3 Å².